The van der Waals surface area contributed by atoms with E-state index in [0.717, 1.165) is 92.1 Å². The van der Waals surface area contributed by atoms with Gasteiger partial charge in [0.1, 0.15) is 34.6 Å². The first-order valence-corrected chi connectivity index (χ1v) is 43.3. The Morgan fingerprint density at radius 2 is 0.694 bits per heavy atom. The standard InChI is InChI=1S/C18H15S.C14H20F2O3.2C14H18F2O3.2C14H21OS/c1-4-10-16(11-5-1)19(17-12-6-2-7-13-17)18-14-8-3-9-15-18;1-12(15,16)8-19-11(17)13-3-9-2-10(4-13)6-14(18,5-9)7-13;2*1-13(15,16)7-19-12(18)14-4-8-2-9(5-14)11(17)10(3-8)6-14;2*1-14(2,3)12-4-6-13(7-5-12)16-10-8-15-9-11-16/h1-15H;9-10,18H,2-8H2,1H3;2*8-10H,2-7H2,1H3;2*4-7H,8-11H2,1-3H3/q+1;;;;2*+1. The van der Waals surface area contributed by atoms with Gasteiger partial charge in [0, 0.05) is 66.2 Å². The summed E-state index contributed by atoms with van der Waals surface area (Å²) in [6.45, 7) is 17.0. The van der Waals surface area contributed by atoms with Crippen molar-refractivity contribution in [2.24, 2.45) is 63.6 Å². The van der Waals surface area contributed by atoms with Gasteiger partial charge in [0.15, 0.2) is 44.3 Å². The van der Waals surface area contributed by atoms with Gasteiger partial charge in [0.05, 0.1) is 59.2 Å². The number of benzene rings is 5. The highest BCUT2D eigenvalue weighted by Crippen LogP contribution is 2.63. The molecule has 12 saturated carbocycles. The Morgan fingerprint density at radius 1 is 0.407 bits per heavy atom. The SMILES string of the molecule is CC(C)(C)c1ccc([S+]2CCOCC2)cc1.CC(C)(C)c1ccc([S+]2CCOCC2)cc1.CC(F)(F)COC(=O)C12CC3CC(C1)C(=O)C(C3)C2.CC(F)(F)COC(=O)C12CC3CC(C1)C(=O)C(C3)C2.CC(F)(F)COC(=O)C12CC3CC(CC(O)(C3)C1)C2.c1ccc([S+](c2ccccc2)c2ccccc2)cc1. The lowest BCUT2D eigenvalue weighted by Crippen LogP contribution is -2.58. The van der Waals surface area contributed by atoms with E-state index in [-0.39, 0.29) is 57.0 Å². The molecule has 11 nitrogen and oxygen atoms in total. The van der Waals surface area contributed by atoms with Gasteiger partial charge in [-0.2, -0.15) is 0 Å². The number of ketones is 2. The van der Waals surface area contributed by atoms with Crippen molar-refractivity contribution in [2.45, 2.75) is 224 Å². The van der Waals surface area contributed by atoms with Crippen molar-refractivity contribution in [1.29, 1.82) is 0 Å². The number of carbonyl (C=O) groups excluding carboxylic acids is 5. The molecule has 2 heterocycles. The lowest BCUT2D eigenvalue weighted by Gasteiger charge is -2.58. The van der Waals surface area contributed by atoms with Gasteiger partial charge in [-0.1, -0.05) is 120 Å². The van der Waals surface area contributed by atoms with Crippen LogP contribution in [0.5, 0.6) is 0 Å². The molecule has 14 aliphatic rings. The number of esters is 3. The zero-order valence-corrected chi connectivity index (χ0v) is 67.0. The molecule has 0 aromatic heterocycles. The third-order valence-corrected chi connectivity index (χ3v) is 30.4. The van der Waals surface area contributed by atoms with E-state index in [1.807, 2.05) is 0 Å². The second-order valence-corrected chi connectivity index (χ2v) is 41.9. The van der Waals surface area contributed by atoms with E-state index in [1.165, 1.54) is 58.6 Å². The first kappa shape index (κ1) is 83.3. The van der Waals surface area contributed by atoms with Gasteiger partial charge < -0.3 is 28.8 Å². The van der Waals surface area contributed by atoms with Crippen LogP contribution >= 0.6 is 0 Å². The summed E-state index contributed by atoms with van der Waals surface area (Å²) in [5, 5.41) is 10.5. The summed E-state index contributed by atoms with van der Waals surface area (Å²) in [7, 11) is 0.849. The van der Waals surface area contributed by atoms with Crippen LogP contribution in [0.1, 0.15) is 176 Å². The van der Waals surface area contributed by atoms with Crippen molar-refractivity contribution < 1.29 is 79.1 Å². The summed E-state index contributed by atoms with van der Waals surface area (Å²) in [5.41, 5.74) is 0.586. The van der Waals surface area contributed by atoms with Crippen LogP contribution in [0.25, 0.3) is 0 Å². The Bertz CT molecular complexity index is 3530. The molecular formula is C88H113F6O11S3+3. The Hall–Kier alpha value is -5.64. The summed E-state index contributed by atoms with van der Waals surface area (Å²) < 4.78 is 102. The molecule has 6 unspecified atom stereocenters. The van der Waals surface area contributed by atoms with E-state index in [1.54, 1.807) is 0 Å². The van der Waals surface area contributed by atoms with Gasteiger partial charge in [0.25, 0.3) is 17.8 Å². The Labute approximate surface area is 644 Å². The molecule has 12 bridgehead atoms. The number of hydrogen-bond acceptors (Lipinski definition) is 11. The Morgan fingerprint density at radius 3 is 0.972 bits per heavy atom. The minimum Gasteiger partial charge on any atom is -0.459 e. The van der Waals surface area contributed by atoms with Crippen molar-refractivity contribution >= 4 is 62.2 Å². The number of aliphatic hydroxyl groups is 1. The molecule has 20 heteroatoms. The summed E-state index contributed by atoms with van der Waals surface area (Å²) in [4.78, 5) is 67.7. The van der Waals surface area contributed by atoms with Crippen molar-refractivity contribution in [2.75, 3.05) is 69.3 Å². The average Bonchev–Trinajstić information content (AvgIpc) is 0.737. The largest absolute Gasteiger partial charge is 0.459 e. The number of Topliss-reactive ketones (excluding diaryl/α,β-unsaturated/α-hetero) is 2. The monoisotopic (exact) mass is 1560 g/mol. The summed E-state index contributed by atoms with van der Waals surface area (Å²) in [5.74, 6) is -3.84. The molecule has 19 rings (SSSR count). The fourth-order valence-corrected chi connectivity index (χ4v) is 25.1. The quantitative estimate of drug-likeness (QED) is 0.0489. The highest BCUT2D eigenvalue weighted by atomic mass is 32.2. The predicted octanol–water partition coefficient (Wildman–Crippen LogP) is 18.4. The molecule has 588 valence electrons. The van der Waals surface area contributed by atoms with Crippen LogP contribution in [0.15, 0.2) is 164 Å². The summed E-state index contributed by atoms with van der Waals surface area (Å²) in [6.07, 6.45) is 11.3. The van der Waals surface area contributed by atoms with E-state index >= 15 is 0 Å². The van der Waals surface area contributed by atoms with Gasteiger partial charge in [-0.3, -0.25) is 24.0 Å². The van der Waals surface area contributed by atoms with Crippen LogP contribution in [-0.4, -0.2) is 127 Å². The van der Waals surface area contributed by atoms with Crippen LogP contribution in [0.3, 0.4) is 0 Å². The lowest BCUT2D eigenvalue weighted by atomic mass is 9.48. The molecule has 0 amide bonds. The second-order valence-electron chi connectivity index (χ2n) is 35.3. The fraction of sp³-hybridized carbons (Fsp3) is 0.602. The zero-order valence-electron chi connectivity index (χ0n) is 64.5. The van der Waals surface area contributed by atoms with Gasteiger partial charge >= 0.3 is 17.9 Å². The van der Waals surface area contributed by atoms with Gasteiger partial charge in [-0.25, -0.2) is 26.3 Å². The maximum atomic E-state index is 12.8. The number of halogens is 6. The minimum absolute atomic E-state index is 0.0146. The van der Waals surface area contributed by atoms with Crippen molar-refractivity contribution in [3.05, 3.63) is 151 Å². The molecule has 1 N–H and O–H groups in total. The van der Waals surface area contributed by atoms with E-state index in [2.05, 4.69) is 181 Å². The number of rotatable bonds is 14. The fourth-order valence-electron chi connectivity index (χ4n) is 19.4. The summed E-state index contributed by atoms with van der Waals surface area (Å²) >= 11 is 0. The first-order valence-electron chi connectivity index (χ1n) is 38.9. The number of ether oxygens (including phenoxy) is 5. The molecular weight excluding hydrogens is 1440 g/mol. The molecule has 0 spiro atoms. The predicted molar refractivity (Wildman–Crippen MR) is 413 cm³/mol. The maximum absolute atomic E-state index is 12.8. The highest BCUT2D eigenvalue weighted by Gasteiger charge is 2.63. The zero-order chi connectivity index (χ0) is 77.7. The highest BCUT2D eigenvalue weighted by molar-refractivity contribution is 7.97. The lowest BCUT2D eigenvalue weighted by molar-refractivity contribution is -0.201. The van der Waals surface area contributed by atoms with Gasteiger partial charge in [-0.15, -0.1) is 0 Å². The van der Waals surface area contributed by atoms with Crippen LogP contribution in [0.2, 0.25) is 0 Å². The number of hydrogen-bond donors (Lipinski definition) is 1. The van der Waals surface area contributed by atoms with Crippen molar-refractivity contribution in [1.82, 2.24) is 0 Å². The molecule has 108 heavy (non-hydrogen) atoms. The maximum Gasteiger partial charge on any atom is 0.312 e. The third kappa shape index (κ3) is 21.6. The van der Waals surface area contributed by atoms with Crippen molar-refractivity contribution in [3.8, 4) is 0 Å². The third-order valence-electron chi connectivity index (χ3n) is 23.6. The molecule has 14 fully saturated rings. The molecule has 12 aliphatic carbocycles. The van der Waals surface area contributed by atoms with E-state index in [4.69, 9.17) is 23.7 Å². The molecule has 2 saturated heterocycles. The molecule has 6 atom stereocenters. The van der Waals surface area contributed by atoms with E-state index in [9.17, 15) is 55.4 Å². The Balaban J connectivity index is 0.000000129. The normalized spacial score (nSPS) is 29.5. The topological polar surface area (TPSA) is 152 Å². The number of alkyl halides is 6. The first-order chi connectivity index (χ1) is 50.9. The molecule has 0 radical (unpaired) electrons. The van der Waals surface area contributed by atoms with Crippen LogP contribution in [0, 0.1) is 63.6 Å². The van der Waals surface area contributed by atoms with E-state index in [0.29, 0.717) is 103 Å². The van der Waals surface area contributed by atoms with E-state index < -0.39 is 77.3 Å². The van der Waals surface area contributed by atoms with Gasteiger partial charge in [-0.05, 0) is 209 Å². The molecule has 2 aliphatic heterocycles. The van der Waals surface area contributed by atoms with Gasteiger partial charge in [0.2, 0.25) is 0 Å². The summed E-state index contributed by atoms with van der Waals surface area (Å²) in [6, 6.07) is 50.6. The van der Waals surface area contributed by atoms with Crippen LogP contribution in [0.4, 0.5) is 26.3 Å². The van der Waals surface area contributed by atoms with Crippen molar-refractivity contribution in [3.63, 3.8) is 0 Å². The average molecular weight is 1560 g/mol. The second kappa shape index (κ2) is 34.4. The smallest absolute Gasteiger partial charge is 0.312 e. The van der Waals surface area contributed by atoms with Crippen LogP contribution < -0.4 is 0 Å². The van der Waals surface area contributed by atoms with Crippen LogP contribution in [-0.2, 0) is 91.2 Å². The molecule has 5 aromatic rings. The molecule has 5 aromatic carbocycles. The Kier molecular flexibility index (Phi) is 26.5. The number of carbonyl (C=O) groups is 5. The minimum atomic E-state index is -2.99.